The molecule has 2 N–H and O–H groups in total. The van der Waals surface area contributed by atoms with E-state index in [2.05, 4.69) is 10.1 Å². The third-order valence-electron chi connectivity index (χ3n) is 3.66. The van der Waals surface area contributed by atoms with Crippen molar-refractivity contribution < 1.29 is 9.26 Å². The molecule has 2 aromatic rings. The highest BCUT2D eigenvalue weighted by Crippen LogP contribution is 2.26. The first-order chi connectivity index (χ1) is 9.59. The van der Waals surface area contributed by atoms with E-state index in [0.29, 0.717) is 18.1 Å². The smallest absolute Gasteiger partial charge is 0.244 e. The fraction of sp³-hybridized carbons (Fsp3) is 0.467. The van der Waals surface area contributed by atoms with Crippen LogP contribution in [0, 0.1) is 0 Å². The highest BCUT2D eigenvalue weighted by Gasteiger charge is 2.30. The number of hydrogen-bond acceptors (Lipinski definition) is 5. The van der Waals surface area contributed by atoms with E-state index in [9.17, 15) is 0 Å². The van der Waals surface area contributed by atoms with Crippen molar-refractivity contribution >= 4 is 0 Å². The summed E-state index contributed by atoms with van der Waals surface area (Å²) in [6, 6.07) is 9.70. The van der Waals surface area contributed by atoms with Gasteiger partial charge in [0.2, 0.25) is 11.7 Å². The lowest BCUT2D eigenvalue weighted by molar-refractivity contribution is -0.0106. The SMILES string of the molecule is CCC(C)(OC)c1noc(C(N)Cc2ccccc2)n1. The summed E-state index contributed by atoms with van der Waals surface area (Å²) >= 11 is 0. The Morgan fingerprint density at radius 3 is 2.65 bits per heavy atom. The number of ether oxygens (including phenoxy) is 1. The lowest BCUT2D eigenvalue weighted by Gasteiger charge is -2.21. The number of aromatic nitrogens is 2. The van der Waals surface area contributed by atoms with Crippen molar-refractivity contribution in [2.45, 2.75) is 38.3 Å². The molecule has 2 rings (SSSR count). The maximum atomic E-state index is 6.13. The van der Waals surface area contributed by atoms with E-state index in [1.807, 2.05) is 44.2 Å². The van der Waals surface area contributed by atoms with Crippen LogP contribution >= 0.6 is 0 Å². The first-order valence-corrected chi connectivity index (χ1v) is 6.78. The van der Waals surface area contributed by atoms with Crippen molar-refractivity contribution in [1.29, 1.82) is 0 Å². The first kappa shape index (κ1) is 14.7. The molecule has 1 heterocycles. The van der Waals surface area contributed by atoms with Crippen LogP contribution in [-0.4, -0.2) is 17.3 Å². The van der Waals surface area contributed by atoms with E-state index < -0.39 is 5.60 Å². The molecule has 0 spiro atoms. The van der Waals surface area contributed by atoms with Crippen LogP contribution < -0.4 is 5.73 Å². The van der Waals surface area contributed by atoms with Gasteiger partial charge in [-0.3, -0.25) is 0 Å². The van der Waals surface area contributed by atoms with Crippen molar-refractivity contribution in [2.75, 3.05) is 7.11 Å². The average Bonchev–Trinajstić information content (AvgIpc) is 2.98. The molecule has 108 valence electrons. The summed E-state index contributed by atoms with van der Waals surface area (Å²) in [4.78, 5) is 4.39. The van der Waals surface area contributed by atoms with Gasteiger partial charge < -0.3 is 15.0 Å². The topological polar surface area (TPSA) is 74.2 Å². The average molecular weight is 275 g/mol. The molecule has 0 amide bonds. The Balaban J connectivity index is 2.12. The molecule has 0 saturated heterocycles. The second-order valence-corrected chi connectivity index (χ2v) is 5.04. The van der Waals surface area contributed by atoms with Crippen LogP contribution in [0.3, 0.4) is 0 Å². The number of nitrogens with zero attached hydrogens (tertiary/aromatic N) is 2. The highest BCUT2D eigenvalue weighted by molar-refractivity contribution is 5.17. The van der Waals surface area contributed by atoms with E-state index in [0.717, 1.165) is 12.0 Å². The van der Waals surface area contributed by atoms with Gasteiger partial charge in [0.05, 0.1) is 6.04 Å². The zero-order valence-electron chi connectivity index (χ0n) is 12.2. The van der Waals surface area contributed by atoms with E-state index in [4.69, 9.17) is 15.0 Å². The second-order valence-electron chi connectivity index (χ2n) is 5.04. The molecule has 0 aliphatic carbocycles. The summed E-state index contributed by atoms with van der Waals surface area (Å²) < 4.78 is 10.7. The van der Waals surface area contributed by atoms with Gasteiger partial charge in [-0.2, -0.15) is 4.98 Å². The zero-order chi connectivity index (χ0) is 14.6. The fourth-order valence-corrected chi connectivity index (χ4v) is 1.95. The molecule has 0 saturated carbocycles. The van der Waals surface area contributed by atoms with E-state index >= 15 is 0 Å². The largest absolute Gasteiger partial charge is 0.370 e. The van der Waals surface area contributed by atoms with E-state index in [1.165, 1.54) is 0 Å². The molecular weight excluding hydrogens is 254 g/mol. The molecule has 0 radical (unpaired) electrons. The Labute approximate surface area is 119 Å². The predicted molar refractivity (Wildman–Crippen MR) is 76.0 cm³/mol. The molecule has 20 heavy (non-hydrogen) atoms. The molecule has 5 nitrogen and oxygen atoms in total. The summed E-state index contributed by atoms with van der Waals surface area (Å²) in [7, 11) is 1.64. The Hall–Kier alpha value is -1.72. The van der Waals surface area contributed by atoms with E-state index in [1.54, 1.807) is 7.11 Å². The molecule has 0 aliphatic rings. The van der Waals surface area contributed by atoms with Crippen molar-refractivity contribution in [3.05, 3.63) is 47.6 Å². The maximum Gasteiger partial charge on any atom is 0.244 e. The number of rotatable bonds is 6. The van der Waals surface area contributed by atoms with Crippen molar-refractivity contribution in [2.24, 2.45) is 5.73 Å². The maximum absolute atomic E-state index is 6.13. The lowest BCUT2D eigenvalue weighted by Crippen LogP contribution is -2.25. The van der Waals surface area contributed by atoms with Crippen LogP contribution in [0.15, 0.2) is 34.9 Å². The molecular formula is C15H21N3O2. The molecule has 2 atom stereocenters. The normalized spacial score (nSPS) is 15.8. The number of nitrogens with two attached hydrogens (primary N) is 1. The number of hydrogen-bond donors (Lipinski definition) is 1. The van der Waals surface area contributed by atoms with Gasteiger partial charge >= 0.3 is 0 Å². The standard InChI is InChI=1S/C15H21N3O2/c1-4-15(2,19-3)14-17-13(20-18-14)12(16)10-11-8-6-5-7-9-11/h5-9,12H,4,10,16H2,1-3H3. The van der Waals surface area contributed by atoms with Gasteiger partial charge in [0.1, 0.15) is 5.60 Å². The van der Waals surface area contributed by atoms with Crippen LogP contribution in [0.1, 0.15) is 43.6 Å². The van der Waals surface area contributed by atoms with Gasteiger partial charge in [0, 0.05) is 7.11 Å². The van der Waals surface area contributed by atoms with Crippen molar-refractivity contribution in [3.63, 3.8) is 0 Å². The van der Waals surface area contributed by atoms with Crippen LogP contribution in [0.25, 0.3) is 0 Å². The third-order valence-corrected chi connectivity index (χ3v) is 3.66. The summed E-state index contributed by atoms with van der Waals surface area (Å²) in [5, 5.41) is 4.00. The predicted octanol–water partition coefficient (Wildman–Crippen LogP) is 2.58. The number of benzene rings is 1. The Morgan fingerprint density at radius 2 is 2.05 bits per heavy atom. The molecule has 1 aromatic carbocycles. The van der Waals surface area contributed by atoms with Crippen LogP contribution in [0.2, 0.25) is 0 Å². The minimum absolute atomic E-state index is 0.309. The fourth-order valence-electron chi connectivity index (χ4n) is 1.95. The minimum Gasteiger partial charge on any atom is -0.370 e. The van der Waals surface area contributed by atoms with Gasteiger partial charge in [-0.15, -0.1) is 0 Å². The highest BCUT2D eigenvalue weighted by atomic mass is 16.5. The Bertz CT molecular complexity index is 535. The quantitative estimate of drug-likeness (QED) is 0.877. The van der Waals surface area contributed by atoms with E-state index in [-0.39, 0.29) is 6.04 Å². The Kier molecular flexibility index (Phi) is 4.52. The van der Waals surface area contributed by atoms with Gasteiger partial charge in [-0.05, 0) is 25.3 Å². The lowest BCUT2D eigenvalue weighted by atomic mass is 10.0. The molecule has 5 heteroatoms. The van der Waals surface area contributed by atoms with Crippen molar-refractivity contribution in [3.8, 4) is 0 Å². The molecule has 2 unspecified atom stereocenters. The van der Waals surface area contributed by atoms with Gasteiger partial charge in [0.15, 0.2) is 0 Å². The van der Waals surface area contributed by atoms with Crippen molar-refractivity contribution in [1.82, 2.24) is 10.1 Å². The Morgan fingerprint density at radius 1 is 1.35 bits per heavy atom. The minimum atomic E-state index is -0.534. The molecule has 0 aliphatic heterocycles. The first-order valence-electron chi connectivity index (χ1n) is 6.78. The molecule has 0 bridgehead atoms. The summed E-state index contributed by atoms with van der Waals surface area (Å²) in [6.45, 7) is 3.95. The van der Waals surface area contributed by atoms with Crippen LogP contribution in [-0.2, 0) is 16.8 Å². The van der Waals surface area contributed by atoms with Crippen LogP contribution in [0.4, 0.5) is 0 Å². The van der Waals surface area contributed by atoms with Gasteiger partial charge in [-0.1, -0.05) is 42.4 Å². The summed E-state index contributed by atoms with van der Waals surface area (Å²) in [5.74, 6) is 0.988. The van der Waals surface area contributed by atoms with Gasteiger partial charge in [0.25, 0.3) is 0 Å². The summed E-state index contributed by atoms with van der Waals surface area (Å²) in [5.41, 5.74) is 6.74. The molecule has 1 aromatic heterocycles. The number of methoxy groups -OCH3 is 1. The third kappa shape index (κ3) is 3.05. The second kappa shape index (κ2) is 6.15. The molecule has 0 fully saturated rings. The zero-order valence-corrected chi connectivity index (χ0v) is 12.2. The van der Waals surface area contributed by atoms with Crippen LogP contribution in [0.5, 0.6) is 0 Å². The summed E-state index contributed by atoms with van der Waals surface area (Å²) in [6.07, 6.45) is 1.43. The monoisotopic (exact) mass is 275 g/mol. The van der Waals surface area contributed by atoms with Gasteiger partial charge in [-0.25, -0.2) is 0 Å².